The van der Waals surface area contributed by atoms with Crippen LogP contribution in [0.2, 0.25) is 5.02 Å². The van der Waals surface area contributed by atoms with Crippen LogP contribution in [0.1, 0.15) is 54.7 Å². The van der Waals surface area contributed by atoms with Crippen molar-refractivity contribution in [3.05, 3.63) is 58.1 Å². The summed E-state index contributed by atoms with van der Waals surface area (Å²) in [6.45, 7) is 8.21. The van der Waals surface area contributed by atoms with Gasteiger partial charge < -0.3 is 20.1 Å². The molecule has 1 aliphatic rings. The minimum atomic E-state index is -0.462. The minimum absolute atomic E-state index is 0.00572. The molecule has 0 aliphatic carbocycles. The summed E-state index contributed by atoms with van der Waals surface area (Å²) in [6, 6.07) is 11.2. The number of halogens is 1. The Kier molecular flexibility index (Phi) is 6.34. The van der Waals surface area contributed by atoms with Crippen LogP contribution in [-0.2, 0) is 4.74 Å². The Morgan fingerprint density at radius 3 is 2.79 bits per heavy atom. The Morgan fingerprint density at radius 1 is 1.31 bits per heavy atom. The van der Waals surface area contributed by atoms with Crippen LogP contribution in [0.15, 0.2) is 36.4 Å². The summed E-state index contributed by atoms with van der Waals surface area (Å²) >= 11 is 11.7. The molecule has 1 atom stereocenters. The van der Waals surface area contributed by atoms with E-state index in [-0.39, 0.29) is 18.2 Å². The number of esters is 1. The Hall–Kier alpha value is -2.31. The van der Waals surface area contributed by atoms with E-state index in [0.29, 0.717) is 21.4 Å². The number of carbonyl (C=O) groups is 1. The molecule has 1 aliphatic heterocycles. The number of anilines is 1. The third-order valence-electron chi connectivity index (χ3n) is 4.65. The fourth-order valence-corrected chi connectivity index (χ4v) is 3.84. The number of aryl methyl sites for hydroxylation is 1. The SMILES string of the molecule is CCOC(=O)c1cc(NC(=S)N[C@@H]2CC(C)(C)Oc3cc(C)ccc32)ccc1Cl. The second-order valence-electron chi connectivity index (χ2n) is 7.67. The zero-order valence-corrected chi connectivity index (χ0v) is 18.5. The number of ether oxygens (including phenoxy) is 2. The molecule has 1 heterocycles. The van der Waals surface area contributed by atoms with Crippen molar-refractivity contribution in [3.63, 3.8) is 0 Å². The average molecular weight is 433 g/mol. The van der Waals surface area contributed by atoms with E-state index in [1.165, 1.54) is 0 Å². The zero-order chi connectivity index (χ0) is 21.2. The Labute approximate surface area is 181 Å². The van der Waals surface area contributed by atoms with Crippen molar-refractivity contribution in [2.45, 2.75) is 45.8 Å². The molecule has 0 radical (unpaired) electrons. The summed E-state index contributed by atoms with van der Waals surface area (Å²) in [6.07, 6.45) is 0.763. The van der Waals surface area contributed by atoms with Crippen LogP contribution in [0, 0.1) is 6.92 Å². The number of fused-ring (bicyclic) bond motifs is 1. The molecule has 7 heteroatoms. The first kappa shape index (κ1) is 21.4. The van der Waals surface area contributed by atoms with E-state index in [2.05, 4.69) is 36.6 Å². The molecule has 5 nitrogen and oxygen atoms in total. The van der Waals surface area contributed by atoms with Crippen LogP contribution in [0.5, 0.6) is 5.75 Å². The molecule has 3 rings (SSSR count). The molecule has 29 heavy (non-hydrogen) atoms. The highest BCUT2D eigenvalue weighted by atomic mass is 35.5. The topological polar surface area (TPSA) is 59.6 Å². The predicted molar refractivity (Wildman–Crippen MR) is 120 cm³/mol. The van der Waals surface area contributed by atoms with Gasteiger partial charge in [0.05, 0.1) is 23.2 Å². The second-order valence-corrected chi connectivity index (χ2v) is 8.49. The second kappa shape index (κ2) is 8.59. The van der Waals surface area contributed by atoms with Gasteiger partial charge in [-0.2, -0.15) is 0 Å². The normalized spacial score (nSPS) is 16.9. The Balaban J connectivity index is 1.76. The zero-order valence-electron chi connectivity index (χ0n) is 17.0. The molecule has 0 fully saturated rings. The summed E-state index contributed by atoms with van der Waals surface area (Å²) in [5.74, 6) is 0.410. The molecule has 154 valence electrons. The van der Waals surface area contributed by atoms with Gasteiger partial charge in [0.2, 0.25) is 0 Å². The summed E-state index contributed by atoms with van der Waals surface area (Å²) in [7, 11) is 0. The molecular weight excluding hydrogens is 408 g/mol. The van der Waals surface area contributed by atoms with Gasteiger partial charge in [0.1, 0.15) is 11.4 Å². The van der Waals surface area contributed by atoms with Gasteiger partial charge in [-0.15, -0.1) is 0 Å². The van der Waals surface area contributed by atoms with Gasteiger partial charge in [0.25, 0.3) is 0 Å². The molecule has 0 bridgehead atoms. The lowest BCUT2D eigenvalue weighted by atomic mass is 9.89. The molecule has 2 aromatic rings. The lowest BCUT2D eigenvalue weighted by Crippen LogP contribution is -2.42. The largest absolute Gasteiger partial charge is 0.487 e. The first-order valence-electron chi connectivity index (χ1n) is 9.52. The summed E-state index contributed by atoms with van der Waals surface area (Å²) in [5, 5.41) is 7.31. The summed E-state index contributed by atoms with van der Waals surface area (Å²) < 4.78 is 11.2. The number of carbonyl (C=O) groups excluding carboxylic acids is 1. The average Bonchev–Trinajstić information content (AvgIpc) is 2.62. The predicted octanol–water partition coefficient (Wildman–Crippen LogP) is 5.41. The van der Waals surface area contributed by atoms with Crippen LogP contribution < -0.4 is 15.4 Å². The van der Waals surface area contributed by atoms with Gasteiger partial charge in [0.15, 0.2) is 5.11 Å². The molecule has 0 spiro atoms. The van der Waals surface area contributed by atoms with Gasteiger partial charge in [-0.05, 0) is 69.7 Å². The standard InChI is InChI=1S/C22H25ClN2O3S/c1-5-27-20(26)16-11-14(7-9-17(16)23)24-21(29)25-18-12-22(3,4)28-19-10-13(2)6-8-15(18)19/h6-11,18H,5,12H2,1-4H3,(H2,24,25,29)/t18-/m1/s1. The highest BCUT2D eigenvalue weighted by molar-refractivity contribution is 7.80. The molecule has 0 aromatic heterocycles. The first-order chi connectivity index (χ1) is 13.7. The Bertz CT molecular complexity index is 946. The number of hydrogen-bond acceptors (Lipinski definition) is 4. The van der Waals surface area contributed by atoms with Crippen LogP contribution in [-0.4, -0.2) is 23.3 Å². The maximum Gasteiger partial charge on any atom is 0.339 e. The quantitative estimate of drug-likeness (QED) is 0.497. The Morgan fingerprint density at radius 2 is 2.07 bits per heavy atom. The third kappa shape index (κ3) is 5.19. The van der Waals surface area contributed by atoms with E-state index in [1.807, 2.05) is 13.0 Å². The lowest BCUT2D eigenvalue weighted by Gasteiger charge is -2.38. The van der Waals surface area contributed by atoms with Gasteiger partial charge in [0, 0.05) is 17.7 Å². The number of nitrogens with one attached hydrogen (secondary N) is 2. The molecule has 0 saturated carbocycles. The van der Waals surface area contributed by atoms with Crippen molar-refractivity contribution < 1.29 is 14.3 Å². The fraction of sp³-hybridized carbons (Fsp3) is 0.364. The van der Waals surface area contributed by atoms with E-state index in [1.54, 1.807) is 25.1 Å². The van der Waals surface area contributed by atoms with Crippen molar-refractivity contribution in [3.8, 4) is 5.75 Å². The van der Waals surface area contributed by atoms with E-state index in [9.17, 15) is 4.79 Å². The summed E-state index contributed by atoms with van der Waals surface area (Å²) in [5.41, 5.74) is 2.86. The fourth-order valence-electron chi connectivity index (χ4n) is 3.38. The van der Waals surface area contributed by atoms with Crippen LogP contribution >= 0.6 is 23.8 Å². The molecular formula is C22H25ClN2O3S. The monoisotopic (exact) mass is 432 g/mol. The first-order valence-corrected chi connectivity index (χ1v) is 10.3. The van der Waals surface area contributed by atoms with Crippen molar-refractivity contribution >= 4 is 40.6 Å². The van der Waals surface area contributed by atoms with Crippen LogP contribution in [0.25, 0.3) is 0 Å². The van der Waals surface area contributed by atoms with E-state index >= 15 is 0 Å². The maximum atomic E-state index is 12.1. The number of hydrogen-bond donors (Lipinski definition) is 2. The minimum Gasteiger partial charge on any atom is -0.487 e. The van der Waals surface area contributed by atoms with Gasteiger partial charge in [-0.25, -0.2) is 4.79 Å². The third-order valence-corrected chi connectivity index (χ3v) is 5.20. The van der Waals surface area contributed by atoms with Crippen molar-refractivity contribution in [2.24, 2.45) is 0 Å². The van der Waals surface area contributed by atoms with E-state index < -0.39 is 5.97 Å². The van der Waals surface area contributed by atoms with Crippen LogP contribution in [0.3, 0.4) is 0 Å². The number of rotatable bonds is 4. The summed E-state index contributed by atoms with van der Waals surface area (Å²) in [4.78, 5) is 12.1. The number of thiocarbonyl (C=S) groups is 1. The van der Waals surface area contributed by atoms with Crippen molar-refractivity contribution in [2.75, 3.05) is 11.9 Å². The van der Waals surface area contributed by atoms with E-state index in [4.69, 9.17) is 33.3 Å². The van der Waals surface area contributed by atoms with Crippen molar-refractivity contribution in [1.29, 1.82) is 0 Å². The van der Waals surface area contributed by atoms with Gasteiger partial charge >= 0.3 is 5.97 Å². The molecule has 2 N–H and O–H groups in total. The van der Waals surface area contributed by atoms with Crippen LogP contribution in [0.4, 0.5) is 5.69 Å². The van der Waals surface area contributed by atoms with Gasteiger partial charge in [-0.1, -0.05) is 23.7 Å². The maximum absolute atomic E-state index is 12.1. The molecule has 0 amide bonds. The molecule has 0 unspecified atom stereocenters. The molecule has 0 saturated heterocycles. The smallest absolute Gasteiger partial charge is 0.339 e. The highest BCUT2D eigenvalue weighted by Crippen LogP contribution is 2.40. The van der Waals surface area contributed by atoms with E-state index in [0.717, 1.165) is 23.3 Å². The van der Waals surface area contributed by atoms with Gasteiger partial charge in [-0.3, -0.25) is 0 Å². The number of benzene rings is 2. The lowest BCUT2D eigenvalue weighted by molar-refractivity contribution is 0.0526. The van der Waals surface area contributed by atoms with Crippen molar-refractivity contribution in [1.82, 2.24) is 5.32 Å². The molecule has 2 aromatic carbocycles. The highest BCUT2D eigenvalue weighted by Gasteiger charge is 2.34.